The molecule has 0 saturated heterocycles. The van der Waals surface area contributed by atoms with E-state index in [4.69, 9.17) is 4.74 Å². The number of pyridine rings is 2. The average Bonchev–Trinajstić information content (AvgIpc) is 3.08. The Morgan fingerprint density at radius 3 is 2.80 bits per heavy atom. The highest BCUT2D eigenvalue weighted by Gasteiger charge is 2.26. The number of aryl methyl sites for hydroxylation is 1. The van der Waals surface area contributed by atoms with E-state index in [9.17, 15) is 10.1 Å². The standard InChI is InChI=1S/C15H17N7O3/c1-10-11(2)21-15(18-19-20-21)14(22(23)24)13(10)17-7-8-25-9-12-3-5-16-6-4-12/h3-6,17H,7-9H2,1-2H3. The first-order valence-corrected chi connectivity index (χ1v) is 7.65. The second kappa shape index (κ2) is 7.18. The monoisotopic (exact) mass is 343 g/mol. The SMILES string of the molecule is Cc1c(NCCOCc2ccncc2)c([N+](=O)[O-])c2nnnn2c1C. The molecule has 0 unspecified atom stereocenters. The van der Waals surface area contributed by atoms with Crippen molar-refractivity contribution in [2.45, 2.75) is 20.5 Å². The lowest BCUT2D eigenvalue weighted by Crippen LogP contribution is -2.14. The summed E-state index contributed by atoms with van der Waals surface area (Å²) in [7, 11) is 0. The number of rotatable bonds is 7. The summed E-state index contributed by atoms with van der Waals surface area (Å²) in [6, 6.07) is 3.75. The lowest BCUT2D eigenvalue weighted by Gasteiger charge is -2.13. The number of hydrogen-bond donors (Lipinski definition) is 1. The molecule has 10 nitrogen and oxygen atoms in total. The molecule has 0 bridgehead atoms. The summed E-state index contributed by atoms with van der Waals surface area (Å²) < 4.78 is 6.95. The van der Waals surface area contributed by atoms with Crippen LogP contribution in [-0.2, 0) is 11.3 Å². The van der Waals surface area contributed by atoms with Crippen molar-refractivity contribution < 1.29 is 9.66 Å². The van der Waals surface area contributed by atoms with Gasteiger partial charge in [-0.3, -0.25) is 15.1 Å². The second-order valence-corrected chi connectivity index (χ2v) is 5.44. The van der Waals surface area contributed by atoms with Gasteiger partial charge in [-0.2, -0.15) is 4.52 Å². The first-order valence-electron chi connectivity index (χ1n) is 7.65. The van der Waals surface area contributed by atoms with Crippen LogP contribution in [-0.4, -0.2) is 43.1 Å². The predicted molar refractivity (Wildman–Crippen MR) is 89.3 cm³/mol. The van der Waals surface area contributed by atoms with Gasteiger partial charge in [0.25, 0.3) is 5.65 Å². The zero-order valence-corrected chi connectivity index (χ0v) is 13.8. The molecule has 130 valence electrons. The molecule has 0 atom stereocenters. The molecule has 1 N–H and O–H groups in total. The van der Waals surface area contributed by atoms with Crippen LogP contribution in [0.15, 0.2) is 24.5 Å². The highest BCUT2D eigenvalue weighted by Crippen LogP contribution is 2.33. The fourth-order valence-electron chi connectivity index (χ4n) is 2.50. The van der Waals surface area contributed by atoms with Crippen molar-refractivity contribution in [3.05, 3.63) is 51.5 Å². The molecule has 0 radical (unpaired) electrons. The van der Waals surface area contributed by atoms with Gasteiger partial charge in [-0.15, -0.1) is 5.10 Å². The van der Waals surface area contributed by atoms with Crippen LogP contribution < -0.4 is 5.32 Å². The van der Waals surface area contributed by atoms with Crippen molar-refractivity contribution in [1.82, 2.24) is 25.0 Å². The van der Waals surface area contributed by atoms with Crippen LogP contribution in [0.25, 0.3) is 5.65 Å². The summed E-state index contributed by atoms with van der Waals surface area (Å²) in [6.45, 7) is 4.88. The van der Waals surface area contributed by atoms with Crippen LogP contribution in [0.2, 0.25) is 0 Å². The molecule has 3 rings (SSSR count). The largest absolute Gasteiger partial charge is 0.377 e. The van der Waals surface area contributed by atoms with Gasteiger partial charge in [0.1, 0.15) is 5.69 Å². The molecule has 3 aromatic rings. The van der Waals surface area contributed by atoms with Crippen LogP contribution in [0.5, 0.6) is 0 Å². The van der Waals surface area contributed by atoms with Gasteiger partial charge in [0.15, 0.2) is 0 Å². The number of ether oxygens (including phenoxy) is 1. The van der Waals surface area contributed by atoms with Crippen molar-refractivity contribution in [2.24, 2.45) is 0 Å². The molecule has 0 fully saturated rings. The summed E-state index contributed by atoms with van der Waals surface area (Å²) in [5.74, 6) is 0. The van der Waals surface area contributed by atoms with Crippen LogP contribution in [0.4, 0.5) is 11.4 Å². The molecule has 3 aromatic heterocycles. The number of nitro groups is 1. The number of tetrazole rings is 1. The molecule has 0 aliphatic carbocycles. The fraction of sp³-hybridized carbons (Fsp3) is 0.333. The van der Waals surface area contributed by atoms with E-state index in [1.165, 1.54) is 4.52 Å². The van der Waals surface area contributed by atoms with Gasteiger partial charge in [0, 0.05) is 30.2 Å². The zero-order chi connectivity index (χ0) is 17.8. The molecule has 0 aliphatic rings. The Morgan fingerprint density at radius 2 is 2.08 bits per heavy atom. The molecule has 0 aliphatic heterocycles. The Bertz CT molecular complexity index is 895. The molecule has 0 spiro atoms. The zero-order valence-electron chi connectivity index (χ0n) is 13.8. The van der Waals surface area contributed by atoms with E-state index in [0.717, 1.165) is 16.8 Å². The molecule has 0 aromatic carbocycles. The number of nitrogens with one attached hydrogen (secondary N) is 1. The van der Waals surface area contributed by atoms with Crippen molar-refractivity contribution in [3.8, 4) is 0 Å². The molecule has 3 heterocycles. The first kappa shape index (κ1) is 16.7. The van der Waals surface area contributed by atoms with Crippen molar-refractivity contribution in [1.29, 1.82) is 0 Å². The number of anilines is 1. The Labute approximate surface area is 143 Å². The van der Waals surface area contributed by atoms with E-state index in [1.807, 2.05) is 19.1 Å². The van der Waals surface area contributed by atoms with E-state index < -0.39 is 4.92 Å². The van der Waals surface area contributed by atoms with Gasteiger partial charge in [-0.1, -0.05) is 0 Å². The quantitative estimate of drug-likeness (QED) is 0.391. The van der Waals surface area contributed by atoms with Gasteiger partial charge in [-0.05, 0) is 42.0 Å². The Hall–Kier alpha value is -3.14. The van der Waals surface area contributed by atoms with Crippen LogP contribution in [0.1, 0.15) is 16.8 Å². The summed E-state index contributed by atoms with van der Waals surface area (Å²) in [6.07, 6.45) is 3.41. The van der Waals surface area contributed by atoms with E-state index in [1.54, 1.807) is 19.3 Å². The van der Waals surface area contributed by atoms with E-state index in [2.05, 4.69) is 25.8 Å². The van der Waals surface area contributed by atoms with Crippen LogP contribution in [0.3, 0.4) is 0 Å². The average molecular weight is 343 g/mol. The second-order valence-electron chi connectivity index (χ2n) is 5.44. The lowest BCUT2D eigenvalue weighted by atomic mass is 10.1. The maximum absolute atomic E-state index is 11.5. The molecule has 25 heavy (non-hydrogen) atoms. The van der Waals surface area contributed by atoms with Crippen molar-refractivity contribution in [3.63, 3.8) is 0 Å². The third-order valence-electron chi connectivity index (χ3n) is 3.90. The van der Waals surface area contributed by atoms with Gasteiger partial charge < -0.3 is 10.1 Å². The smallest absolute Gasteiger partial charge is 0.338 e. The highest BCUT2D eigenvalue weighted by atomic mass is 16.6. The summed E-state index contributed by atoms with van der Waals surface area (Å²) in [5.41, 5.74) is 2.88. The summed E-state index contributed by atoms with van der Waals surface area (Å²) in [4.78, 5) is 15.0. The Kier molecular flexibility index (Phi) is 4.80. The van der Waals surface area contributed by atoms with E-state index in [0.29, 0.717) is 25.4 Å². The normalized spacial score (nSPS) is 11.0. The van der Waals surface area contributed by atoms with Gasteiger partial charge >= 0.3 is 5.69 Å². The first-order chi connectivity index (χ1) is 12.1. The Morgan fingerprint density at radius 1 is 1.32 bits per heavy atom. The minimum absolute atomic E-state index is 0.119. The van der Waals surface area contributed by atoms with E-state index >= 15 is 0 Å². The summed E-state index contributed by atoms with van der Waals surface area (Å²) >= 11 is 0. The van der Waals surface area contributed by atoms with Crippen molar-refractivity contribution >= 4 is 17.0 Å². The highest BCUT2D eigenvalue weighted by molar-refractivity contribution is 5.78. The molecule has 0 saturated carbocycles. The minimum atomic E-state index is -0.474. The molecular formula is C15H17N7O3. The van der Waals surface area contributed by atoms with Crippen LogP contribution in [0, 0.1) is 24.0 Å². The predicted octanol–water partition coefficient (Wildman–Crippen LogP) is 1.67. The molecule has 0 amide bonds. The van der Waals surface area contributed by atoms with Crippen LogP contribution >= 0.6 is 0 Å². The molecular weight excluding hydrogens is 326 g/mol. The maximum atomic E-state index is 11.5. The number of fused-ring (bicyclic) bond motifs is 1. The number of hydrogen-bond acceptors (Lipinski definition) is 8. The minimum Gasteiger partial charge on any atom is -0.377 e. The van der Waals surface area contributed by atoms with Gasteiger partial charge in [-0.25, -0.2) is 0 Å². The van der Waals surface area contributed by atoms with E-state index in [-0.39, 0.29) is 11.3 Å². The topological polar surface area (TPSA) is 120 Å². The number of aromatic nitrogens is 5. The maximum Gasteiger partial charge on any atom is 0.338 e. The summed E-state index contributed by atoms with van der Waals surface area (Å²) in [5, 5.41) is 25.7. The van der Waals surface area contributed by atoms with Gasteiger partial charge in [0.05, 0.1) is 18.1 Å². The Balaban J connectivity index is 1.71. The van der Waals surface area contributed by atoms with Crippen molar-refractivity contribution in [2.75, 3.05) is 18.5 Å². The third kappa shape index (κ3) is 3.38. The lowest BCUT2D eigenvalue weighted by molar-refractivity contribution is -0.382. The fourth-order valence-corrected chi connectivity index (χ4v) is 2.50. The molecule has 10 heteroatoms. The van der Waals surface area contributed by atoms with Gasteiger partial charge in [0.2, 0.25) is 0 Å². The third-order valence-corrected chi connectivity index (χ3v) is 3.90. The number of nitrogens with zero attached hydrogens (tertiary/aromatic N) is 6.